The maximum Gasteiger partial charge on any atom is 0.306 e. The number of ether oxygens (including phenoxy) is 3. The zero-order valence-corrected chi connectivity index (χ0v) is 20.8. The number of hydrogen-bond donors (Lipinski definition) is 1. The molecule has 0 fully saturated rings. The van der Waals surface area contributed by atoms with Crippen LogP contribution in [0, 0.1) is 5.92 Å². The minimum atomic E-state index is -0.993. The van der Waals surface area contributed by atoms with E-state index in [0.29, 0.717) is 0 Å². The maximum atomic E-state index is 12.2. The highest BCUT2D eigenvalue weighted by atomic mass is 16.6. The molecule has 0 bridgehead atoms. The molecule has 0 spiro atoms. The third-order valence-corrected chi connectivity index (χ3v) is 5.17. The van der Waals surface area contributed by atoms with E-state index in [2.05, 4.69) is 13.8 Å². The highest BCUT2D eigenvalue weighted by Crippen LogP contribution is 2.12. The van der Waals surface area contributed by atoms with E-state index in [9.17, 15) is 19.2 Å². The van der Waals surface area contributed by atoms with Gasteiger partial charge < -0.3 is 19.3 Å². The van der Waals surface area contributed by atoms with Gasteiger partial charge in [0.15, 0.2) is 6.10 Å². The molecular weight excluding hydrogens is 428 g/mol. The Morgan fingerprint density at radius 1 is 0.667 bits per heavy atom. The fourth-order valence-electron chi connectivity index (χ4n) is 3.27. The number of rotatable bonds is 21. The summed E-state index contributed by atoms with van der Waals surface area (Å²) in [4.78, 5) is 47.0. The van der Waals surface area contributed by atoms with Crippen LogP contribution in [-0.2, 0) is 33.4 Å². The molecule has 0 saturated carbocycles. The Morgan fingerprint density at radius 2 is 1.12 bits per heavy atom. The number of carboxylic acid groups (broad SMARTS) is 1. The Labute approximate surface area is 198 Å². The molecule has 1 atom stereocenters. The Hall–Kier alpha value is -2.12. The molecule has 192 valence electrons. The summed E-state index contributed by atoms with van der Waals surface area (Å²) < 4.78 is 15.8. The predicted molar refractivity (Wildman–Crippen MR) is 125 cm³/mol. The van der Waals surface area contributed by atoms with Gasteiger partial charge in [0.1, 0.15) is 13.2 Å². The standard InChI is InChI=1S/C25H44O8/c1-4-6-8-10-12-14-23(28)31-18-21(33-25(30)17-20(3)16-22(26)27)19-32-24(29)15-13-11-9-7-5-2/h20-21H,4-19H2,1-3H3,(H,26,27). The van der Waals surface area contributed by atoms with E-state index < -0.39 is 24.0 Å². The first-order valence-electron chi connectivity index (χ1n) is 12.5. The molecule has 0 amide bonds. The van der Waals surface area contributed by atoms with Gasteiger partial charge in [0.25, 0.3) is 0 Å². The first kappa shape index (κ1) is 30.9. The van der Waals surface area contributed by atoms with Crippen LogP contribution in [0.5, 0.6) is 0 Å². The molecule has 0 aliphatic carbocycles. The van der Waals surface area contributed by atoms with E-state index in [1.165, 1.54) is 0 Å². The molecule has 0 aromatic heterocycles. The van der Waals surface area contributed by atoms with Gasteiger partial charge in [-0.15, -0.1) is 0 Å². The molecule has 33 heavy (non-hydrogen) atoms. The smallest absolute Gasteiger partial charge is 0.306 e. The van der Waals surface area contributed by atoms with Crippen molar-refractivity contribution in [2.45, 2.75) is 117 Å². The van der Waals surface area contributed by atoms with Crippen molar-refractivity contribution in [3.05, 3.63) is 0 Å². The number of carbonyl (C=O) groups excluding carboxylic acids is 3. The molecule has 1 unspecified atom stereocenters. The summed E-state index contributed by atoms with van der Waals surface area (Å²) in [5.41, 5.74) is 0. The van der Waals surface area contributed by atoms with Gasteiger partial charge in [0.2, 0.25) is 0 Å². The monoisotopic (exact) mass is 472 g/mol. The molecule has 0 aromatic rings. The minimum Gasteiger partial charge on any atom is -0.481 e. The van der Waals surface area contributed by atoms with Crippen LogP contribution in [0.15, 0.2) is 0 Å². The second-order valence-corrected chi connectivity index (χ2v) is 8.71. The number of hydrogen-bond acceptors (Lipinski definition) is 7. The number of aliphatic carboxylic acids is 1. The summed E-state index contributed by atoms with van der Waals surface area (Å²) in [6.45, 7) is 5.49. The quantitative estimate of drug-likeness (QED) is 0.137. The van der Waals surface area contributed by atoms with Gasteiger partial charge in [-0.1, -0.05) is 72.1 Å². The maximum absolute atomic E-state index is 12.2. The van der Waals surface area contributed by atoms with Crippen LogP contribution in [0.25, 0.3) is 0 Å². The highest BCUT2D eigenvalue weighted by Gasteiger charge is 2.21. The Balaban J connectivity index is 4.52. The summed E-state index contributed by atoms with van der Waals surface area (Å²) in [6, 6.07) is 0. The number of esters is 3. The topological polar surface area (TPSA) is 116 Å². The van der Waals surface area contributed by atoms with Crippen LogP contribution in [0.3, 0.4) is 0 Å². The Bertz CT molecular complexity index is 531. The van der Waals surface area contributed by atoms with E-state index in [1.54, 1.807) is 6.92 Å². The molecular formula is C25H44O8. The van der Waals surface area contributed by atoms with Gasteiger partial charge in [-0.05, 0) is 18.8 Å². The normalized spacial score (nSPS) is 11.8. The van der Waals surface area contributed by atoms with E-state index >= 15 is 0 Å². The Morgan fingerprint density at radius 3 is 1.55 bits per heavy atom. The van der Waals surface area contributed by atoms with Gasteiger partial charge in [0, 0.05) is 25.7 Å². The molecule has 8 nitrogen and oxygen atoms in total. The first-order valence-corrected chi connectivity index (χ1v) is 12.5. The zero-order chi connectivity index (χ0) is 24.9. The van der Waals surface area contributed by atoms with Crippen molar-refractivity contribution in [2.75, 3.05) is 13.2 Å². The lowest BCUT2D eigenvalue weighted by Gasteiger charge is -2.19. The molecule has 0 aliphatic rings. The second kappa shape index (κ2) is 20.5. The lowest BCUT2D eigenvalue weighted by atomic mass is 10.0. The Kier molecular flexibility index (Phi) is 19.2. The van der Waals surface area contributed by atoms with Crippen molar-refractivity contribution in [2.24, 2.45) is 5.92 Å². The molecule has 0 aliphatic heterocycles. The van der Waals surface area contributed by atoms with Crippen molar-refractivity contribution in [1.82, 2.24) is 0 Å². The third kappa shape index (κ3) is 20.2. The average molecular weight is 473 g/mol. The van der Waals surface area contributed by atoms with Gasteiger partial charge in [-0.2, -0.15) is 0 Å². The fourth-order valence-corrected chi connectivity index (χ4v) is 3.27. The zero-order valence-electron chi connectivity index (χ0n) is 20.8. The average Bonchev–Trinajstić information content (AvgIpc) is 2.74. The molecule has 0 rings (SSSR count). The second-order valence-electron chi connectivity index (χ2n) is 8.71. The van der Waals surface area contributed by atoms with Crippen molar-refractivity contribution in [1.29, 1.82) is 0 Å². The predicted octanol–water partition coefficient (Wildman–Crippen LogP) is 5.21. The van der Waals surface area contributed by atoms with Crippen molar-refractivity contribution >= 4 is 23.9 Å². The largest absolute Gasteiger partial charge is 0.481 e. The van der Waals surface area contributed by atoms with Gasteiger partial charge in [-0.3, -0.25) is 19.2 Å². The summed E-state index contributed by atoms with van der Waals surface area (Å²) in [5.74, 6) is -2.76. The number of carbonyl (C=O) groups is 4. The van der Waals surface area contributed by atoms with Crippen molar-refractivity contribution in [3.8, 4) is 0 Å². The summed E-state index contributed by atoms with van der Waals surface area (Å²) >= 11 is 0. The lowest BCUT2D eigenvalue weighted by Crippen LogP contribution is -2.31. The summed E-state index contributed by atoms with van der Waals surface area (Å²) in [6.07, 6.45) is 9.50. The molecule has 0 saturated heterocycles. The van der Waals surface area contributed by atoms with Crippen LogP contribution in [0.1, 0.15) is 111 Å². The SMILES string of the molecule is CCCCCCCC(=O)OCC(COC(=O)CCCCCCC)OC(=O)CC(C)CC(=O)O. The molecule has 0 aromatic carbocycles. The van der Waals surface area contributed by atoms with Gasteiger partial charge in [-0.25, -0.2) is 0 Å². The summed E-state index contributed by atoms with van der Waals surface area (Å²) in [5, 5.41) is 8.84. The van der Waals surface area contributed by atoms with Crippen LogP contribution < -0.4 is 0 Å². The molecule has 0 radical (unpaired) electrons. The summed E-state index contributed by atoms with van der Waals surface area (Å²) in [7, 11) is 0. The van der Waals surface area contributed by atoms with E-state index in [0.717, 1.165) is 64.2 Å². The van der Waals surface area contributed by atoms with Crippen LogP contribution in [0.4, 0.5) is 0 Å². The van der Waals surface area contributed by atoms with Crippen LogP contribution >= 0.6 is 0 Å². The molecule has 8 heteroatoms. The number of carboxylic acids is 1. The highest BCUT2D eigenvalue weighted by molar-refractivity contribution is 5.72. The van der Waals surface area contributed by atoms with Crippen molar-refractivity contribution in [3.63, 3.8) is 0 Å². The first-order chi connectivity index (χ1) is 15.8. The van der Waals surface area contributed by atoms with Crippen LogP contribution in [0.2, 0.25) is 0 Å². The van der Waals surface area contributed by atoms with Crippen molar-refractivity contribution < 1.29 is 38.5 Å². The molecule has 0 heterocycles. The minimum absolute atomic E-state index is 0.0838. The fraction of sp³-hybridized carbons (Fsp3) is 0.840. The van der Waals surface area contributed by atoms with E-state index in [1.807, 2.05) is 0 Å². The molecule has 1 N–H and O–H groups in total. The van der Waals surface area contributed by atoms with Gasteiger partial charge in [0.05, 0.1) is 0 Å². The third-order valence-electron chi connectivity index (χ3n) is 5.17. The number of unbranched alkanes of at least 4 members (excludes halogenated alkanes) is 8. The van der Waals surface area contributed by atoms with Crippen LogP contribution in [-0.4, -0.2) is 48.3 Å². The lowest BCUT2D eigenvalue weighted by molar-refractivity contribution is -0.167. The van der Waals surface area contributed by atoms with E-state index in [-0.39, 0.29) is 50.8 Å². The van der Waals surface area contributed by atoms with Gasteiger partial charge >= 0.3 is 23.9 Å². The van der Waals surface area contributed by atoms with E-state index in [4.69, 9.17) is 19.3 Å².